The van der Waals surface area contributed by atoms with Crippen LogP contribution in [0.3, 0.4) is 0 Å². The number of hydrogen-bond acceptors (Lipinski definition) is 2. The molecule has 0 saturated carbocycles. The van der Waals surface area contributed by atoms with Crippen LogP contribution in [0.25, 0.3) is 0 Å². The van der Waals surface area contributed by atoms with Crippen LogP contribution in [0.2, 0.25) is 5.02 Å². The minimum absolute atomic E-state index is 0.344. The molecule has 1 aromatic carbocycles. The number of ether oxygens (including phenoxy) is 1. The van der Waals surface area contributed by atoms with Crippen LogP contribution in [0.5, 0.6) is 0 Å². The van der Waals surface area contributed by atoms with Crippen LogP contribution >= 0.6 is 11.6 Å². The van der Waals surface area contributed by atoms with Crippen LogP contribution in [0, 0.1) is 0 Å². The van der Waals surface area contributed by atoms with E-state index in [1.807, 2.05) is 18.2 Å². The molecular formula is C9H9ClO2. The predicted molar refractivity (Wildman–Crippen MR) is 46.2 cm³/mol. The third kappa shape index (κ3) is 1.12. The van der Waals surface area contributed by atoms with Crippen molar-refractivity contribution in [2.24, 2.45) is 0 Å². The van der Waals surface area contributed by atoms with Crippen molar-refractivity contribution in [1.29, 1.82) is 0 Å². The van der Waals surface area contributed by atoms with Gasteiger partial charge in [0.05, 0.1) is 13.2 Å². The Bertz CT molecular complexity index is 294. The lowest BCUT2D eigenvalue weighted by Gasteiger charge is -2.37. The molecule has 64 valence electrons. The molecule has 3 heteroatoms. The van der Waals surface area contributed by atoms with E-state index in [1.165, 1.54) is 0 Å². The molecule has 0 spiro atoms. The smallest absolute Gasteiger partial charge is 0.137 e. The molecule has 12 heavy (non-hydrogen) atoms. The van der Waals surface area contributed by atoms with Gasteiger partial charge in [0.25, 0.3) is 0 Å². The molecule has 2 rings (SSSR count). The second-order valence-corrected chi connectivity index (χ2v) is 3.41. The molecule has 1 fully saturated rings. The highest BCUT2D eigenvalue weighted by Crippen LogP contribution is 2.33. The van der Waals surface area contributed by atoms with E-state index in [1.54, 1.807) is 6.07 Å². The van der Waals surface area contributed by atoms with Gasteiger partial charge in [0.2, 0.25) is 0 Å². The Morgan fingerprint density at radius 2 is 2.00 bits per heavy atom. The molecule has 0 radical (unpaired) electrons. The summed E-state index contributed by atoms with van der Waals surface area (Å²) in [5.41, 5.74) is -0.0869. The lowest BCUT2D eigenvalue weighted by molar-refractivity contribution is -0.184. The Morgan fingerprint density at radius 3 is 2.50 bits per heavy atom. The molecule has 2 nitrogen and oxygen atoms in total. The number of hydrogen-bond donors (Lipinski definition) is 1. The fraction of sp³-hybridized carbons (Fsp3) is 0.333. The van der Waals surface area contributed by atoms with Crippen molar-refractivity contribution in [2.45, 2.75) is 5.60 Å². The quantitative estimate of drug-likeness (QED) is 0.718. The first-order valence-electron chi connectivity index (χ1n) is 3.77. The first kappa shape index (κ1) is 8.05. The molecule has 1 aliphatic heterocycles. The van der Waals surface area contributed by atoms with E-state index >= 15 is 0 Å². The van der Waals surface area contributed by atoms with Crippen molar-refractivity contribution in [2.75, 3.05) is 13.2 Å². The zero-order chi connectivity index (χ0) is 8.60. The summed E-state index contributed by atoms with van der Waals surface area (Å²) >= 11 is 5.91. The van der Waals surface area contributed by atoms with Gasteiger partial charge in [-0.25, -0.2) is 0 Å². The van der Waals surface area contributed by atoms with E-state index in [4.69, 9.17) is 16.3 Å². The number of benzene rings is 1. The Balaban J connectivity index is 2.39. The van der Waals surface area contributed by atoms with Crippen molar-refractivity contribution in [3.8, 4) is 0 Å². The van der Waals surface area contributed by atoms with Gasteiger partial charge in [-0.2, -0.15) is 0 Å². The molecule has 0 bridgehead atoms. The zero-order valence-electron chi connectivity index (χ0n) is 6.46. The average molecular weight is 185 g/mol. The fourth-order valence-electron chi connectivity index (χ4n) is 1.29. The highest BCUT2D eigenvalue weighted by molar-refractivity contribution is 6.31. The van der Waals surface area contributed by atoms with E-state index in [0.29, 0.717) is 18.2 Å². The Labute approximate surface area is 75.7 Å². The summed E-state index contributed by atoms with van der Waals surface area (Å²) in [4.78, 5) is 0. The molecule has 0 atom stereocenters. The summed E-state index contributed by atoms with van der Waals surface area (Å²) in [6.45, 7) is 0.688. The van der Waals surface area contributed by atoms with Gasteiger partial charge in [-0.05, 0) is 6.07 Å². The van der Waals surface area contributed by atoms with Crippen molar-refractivity contribution >= 4 is 11.6 Å². The van der Waals surface area contributed by atoms with Crippen LogP contribution in [-0.4, -0.2) is 18.3 Å². The maximum atomic E-state index is 9.85. The molecule has 1 N–H and O–H groups in total. The largest absolute Gasteiger partial charge is 0.380 e. The van der Waals surface area contributed by atoms with Crippen LogP contribution in [0.15, 0.2) is 24.3 Å². The lowest BCUT2D eigenvalue weighted by Crippen LogP contribution is -2.46. The topological polar surface area (TPSA) is 29.5 Å². The molecule has 0 aliphatic carbocycles. The van der Waals surface area contributed by atoms with Crippen LogP contribution in [-0.2, 0) is 10.3 Å². The second-order valence-electron chi connectivity index (χ2n) is 3.00. The molecule has 1 aromatic rings. The normalized spacial score (nSPS) is 20.2. The third-order valence-electron chi connectivity index (χ3n) is 2.06. The van der Waals surface area contributed by atoms with Crippen molar-refractivity contribution < 1.29 is 9.84 Å². The van der Waals surface area contributed by atoms with Gasteiger partial charge in [0, 0.05) is 10.6 Å². The Hall–Kier alpha value is -0.570. The highest BCUT2D eigenvalue weighted by atomic mass is 35.5. The first-order valence-corrected chi connectivity index (χ1v) is 4.15. The average Bonchev–Trinajstić information content (AvgIpc) is 2.01. The summed E-state index contributed by atoms with van der Waals surface area (Å²) in [5.74, 6) is 0. The van der Waals surface area contributed by atoms with E-state index < -0.39 is 5.60 Å². The molecule has 1 heterocycles. The summed E-state index contributed by atoms with van der Waals surface area (Å²) < 4.78 is 4.94. The van der Waals surface area contributed by atoms with E-state index in [0.717, 1.165) is 5.56 Å². The summed E-state index contributed by atoms with van der Waals surface area (Å²) in [7, 11) is 0. The van der Waals surface area contributed by atoms with Crippen LogP contribution < -0.4 is 0 Å². The van der Waals surface area contributed by atoms with Gasteiger partial charge >= 0.3 is 0 Å². The van der Waals surface area contributed by atoms with E-state index in [-0.39, 0.29) is 0 Å². The van der Waals surface area contributed by atoms with E-state index in [2.05, 4.69) is 0 Å². The van der Waals surface area contributed by atoms with Gasteiger partial charge in [0.1, 0.15) is 5.60 Å². The maximum absolute atomic E-state index is 9.85. The zero-order valence-corrected chi connectivity index (χ0v) is 7.21. The maximum Gasteiger partial charge on any atom is 0.137 e. The summed E-state index contributed by atoms with van der Waals surface area (Å²) in [6.07, 6.45) is 0. The molecule has 0 amide bonds. The Kier molecular flexibility index (Phi) is 1.83. The van der Waals surface area contributed by atoms with Gasteiger partial charge in [0.15, 0.2) is 0 Å². The minimum atomic E-state index is -0.849. The lowest BCUT2D eigenvalue weighted by atomic mass is 9.92. The van der Waals surface area contributed by atoms with Crippen LogP contribution in [0.1, 0.15) is 5.56 Å². The van der Waals surface area contributed by atoms with Crippen molar-refractivity contribution in [3.63, 3.8) is 0 Å². The number of rotatable bonds is 1. The van der Waals surface area contributed by atoms with Crippen LogP contribution in [0.4, 0.5) is 0 Å². The number of aliphatic hydroxyl groups is 1. The third-order valence-corrected chi connectivity index (χ3v) is 2.39. The monoisotopic (exact) mass is 184 g/mol. The number of halogens is 1. The van der Waals surface area contributed by atoms with Gasteiger partial charge < -0.3 is 9.84 Å². The predicted octanol–water partition coefficient (Wildman–Crippen LogP) is 1.56. The van der Waals surface area contributed by atoms with E-state index in [9.17, 15) is 5.11 Å². The molecule has 1 aliphatic rings. The Morgan fingerprint density at radius 1 is 1.33 bits per heavy atom. The molecule has 1 saturated heterocycles. The summed E-state index contributed by atoms with van der Waals surface area (Å²) in [6, 6.07) is 7.30. The second kappa shape index (κ2) is 2.73. The summed E-state index contributed by atoms with van der Waals surface area (Å²) in [5, 5.41) is 10.5. The van der Waals surface area contributed by atoms with Crippen molar-refractivity contribution in [1.82, 2.24) is 0 Å². The highest BCUT2D eigenvalue weighted by Gasteiger charge is 2.39. The van der Waals surface area contributed by atoms with Gasteiger partial charge in [-0.15, -0.1) is 0 Å². The standard InChI is InChI=1S/C9H9ClO2/c10-8-4-2-1-3-7(8)9(11)5-12-6-9/h1-4,11H,5-6H2. The van der Waals surface area contributed by atoms with Gasteiger partial charge in [-0.1, -0.05) is 29.8 Å². The fourth-order valence-corrected chi connectivity index (χ4v) is 1.60. The van der Waals surface area contributed by atoms with Crippen molar-refractivity contribution in [3.05, 3.63) is 34.9 Å². The molecule has 0 unspecified atom stereocenters. The first-order chi connectivity index (χ1) is 5.72. The SMILES string of the molecule is OC1(c2ccccc2Cl)COC1. The van der Waals surface area contributed by atoms with Gasteiger partial charge in [-0.3, -0.25) is 0 Å². The molecular weight excluding hydrogens is 176 g/mol. The minimum Gasteiger partial charge on any atom is -0.380 e. The molecule has 0 aromatic heterocycles.